The number of rotatable bonds is 8. The Morgan fingerprint density at radius 3 is 2.95 bits per heavy atom. The van der Waals surface area contributed by atoms with Gasteiger partial charge in [-0.05, 0) is 20.4 Å². The standard InChI is InChI=1S/C13H19N5O2S2/c1-9-10(21-8-14-9)4-5-18(2)6-11(19)15-13-17-16-12(22-13)7-20-3/h8H,4-7H2,1-3H3,(H,15,17,19). The average molecular weight is 341 g/mol. The van der Waals surface area contributed by atoms with Gasteiger partial charge in [0.25, 0.3) is 0 Å². The second-order valence-corrected chi connectivity index (χ2v) is 6.83. The molecule has 7 nitrogen and oxygen atoms in total. The molecule has 0 saturated heterocycles. The summed E-state index contributed by atoms with van der Waals surface area (Å²) in [6, 6.07) is 0. The summed E-state index contributed by atoms with van der Waals surface area (Å²) in [6.45, 7) is 3.53. The van der Waals surface area contributed by atoms with E-state index in [0.29, 0.717) is 18.3 Å². The minimum atomic E-state index is -0.0938. The zero-order valence-electron chi connectivity index (χ0n) is 12.8. The van der Waals surface area contributed by atoms with Crippen molar-refractivity contribution in [3.63, 3.8) is 0 Å². The highest BCUT2D eigenvalue weighted by Gasteiger charge is 2.11. The lowest BCUT2D eigenvalue weighted by Crippen LogP contribution is -2.31. The van der Waals surface area contributed by atoms with Crippen LogP contribution < -0.4 is 5.32 Å². The third-order valence-electron chi connectivity index (χ3n) is 2.96. The summed E-state index contributed by atoms with van der Waals surface area (Å²) in [4.78, 5) is 19.4. The third-order valence-corrected chi connectivity index (χ3v) is 4.77. The van der Waals surface area contributed by atoms with E-state index in [-0.39, 0.29) is 5.91 Å². The van der Waals surface area contributed by atoms with Gasteiger partial charge in [0.2, 0.25) is 11.0 Å². The largest absolute Gasteiger partial charge is 0.377 e. The van der Waals surface area contributed by atoms with Gasteiger partial charge in [0.05, 0.1) is 17.7 Å². The fourth-order valence-corrected chi connectivity index (χ4v) is 3.33. The van der Waals surface area contributed by atoms with Gasteiger partial charge in [-0.15, -0.1) is 21.5 Å². The Morgan fingerprint density at radius 2 is 2.27 bits per heavy atom. The molecule has 120 valence electrons. The number of aryl methyl sites for hydroxylation is 1. The van der Waals surface area contributed by atoms with E-state index in [9.17, 15) is 4.79 Å². The van der Waals surface area contributed by atoms with Crippen LogP contribution in [0, 0.1) is 6.92 Å². The molecule has 0 aliphatic carbocycles. The van der Waals surface area contributed by atoms with E-state index < -0.39 is 0 Å². The lowest BCUT2D eigenvalue weighted by Gasteiger charge is -2.15. The van der Waals surface area contributed by atoms with Gasteiger partial charge in [-0.25, -0.2) is 4.98 Å². The summed E-state index contributed by atoms with van der Waals surface area (Å²) in [6.07, 6.45) is 0.900. The number of nitrogens with one attached hydrogen (secondary N) is 1. The van der Waals surface area contributed by atoms with Crippen LogP contribution in [0.5, 0.6) is 0 Å². The number of likely N-dealkylation sites (N-methyl/N-ethyl adjacent to an activating group) is 1. The summed E-state index contributed by atoms with van der Waals surface area (Å²) in [5.41, 5.74) is 2.92. The molecule has 2 aromatic heterocycles. The number of hydrogen-bond donors (Lipinski definition) is 1. The van der Waals surface area contributed by atoms with Crippen LogP contribution in [0.4, 0.5) is 5.13 Å². The van der Waals surface area contributed by atoms with Crippen LogP contribution in [0.15, 0.2) is 5.51 Å². The fraction of sp³-hybridized carbons (Fsp3) is 0.538. The van der Waals surface area contributed by atoms with Gasteiger partial charge in [0.15, 0.2) is 0 Å². The highest BCUT2D eigenvalue weighted by molar-refractivity contribution is 7.15. The highest BCUT2D eigenvalue weighted by Crippen LogP contribution is 2.16. The van der Waals surface area contributed by atoms with Crippen LogP contribution >= 0.6 is 22.7 Å². The third kappa shape index (κ3) is 5.09. The number of thiazole rings is 1. The molecule has 2 heterocycles. The average Bonchev–Trinajstić information content (AvgIpc) is 3.06. The molecule has 0 unspecified atom stereocenters. The number of ether oxygens (including phenoxy) is 1. The van der Waals surface area contributed by atoms with Gasteiger partial charge < -0.3 is 4.74 Å². The number of nitrogens with zero attached hydrogens (tertiary/aromatic N) is 4. The van der Waals surface area contributed by atoms with E-state index in [2.05, 4.69) is 20.5 Å². The van der Waals surface area contributed by atoms with Crippen LogP contribution in [-0.4, -0.2) is 53.2 Å². The summed E-state index contributed by atoms with van der Waals surface area (Å²) in [5, 5.41) is 11.8. The van der Waals surface area contributed by atoms with Gasteiger partial charge in [-0.2, -0.15) is 0 Å². The first-order valence-electron chi connectivity index (χ1n) is 6.77. The summed E-state index contributed by atoms with van der Waals surface area (Å²) in [5.74, 6) is -0.0938. The van der Waals surface area contributed by atoms with Crippen molar-refractivity contribution in [1.29, 1.82) is 0 Å². The molecule has 2 aromatic rings. The molecule has 22 heavy (non-hydrogen) atoms. The highest BCUT2D eigenvalue weighted by atomic mass is 32.1. The Hall–Kier alpha value is -1.42. The van der Waals surface area contributed by atoms with Crippen molar-refractivity contribution < 1.29 is 9.53 Å². The van der Waals surface area contributed by atoms with Crippen LogP contribution in [0.2, 0.25) is 0 Å². The smallest absolute Gasteiger partial charge is 0.240 e. The first kappa shape index (κ1) is 16.9. The number of amides is 1. The Labute approximate surface area is 137 Å². The van der Waals surface area contributed by atoms with E-state index in [1.807, 2.05) is 24.4 Å². The van der Waals surface area contributed by atoms with Gasteiger partial charge in [-0.3, -0.25) is 15.0 Å². The van der Waals surface area contributed by atoms with Crippen LogP contribution in [0.1, 0.15) is 15.6 Å². The SMILES string of the molecule is COCc1nnc(NC(=O)CN(C)CCc2scnc2C)s1. The van der Waals surface area contributed by atoms with E-state index >= 15 is 0 Å². The molecule has 0 fully saturated rings. The predicted octanol–water partition coefficient (Wildman–Crippen LogP) is 1.56. The van der Waals surface area contributed by atoms with Gasteiger partial charge >= 0.3 is 0 Å². The molecule has 0 aliphatic rings. The zero-order chi connectivity index (χ0) is 15.9. The number of carbonyl (C=O) groups is 1. The van der Waals surface area contributed by atoms with Gasteiger partial charge in [0.1, 0.15) is 11.6 Å². The van der Waals surface area contributed by atoms with Crippen molar-refractivity contribution in [2.45, 2.75) is 20.0 Å². The van der Waals surface area contributed by atoms with E-state index in [1.165, 1.54) is 16.2 Å². The summed E-state index contributed by atoms with van der Waals surface area (Å²) < 4.78 is 4.97. The lowest BCUT2D eigenvalue weighted by molar-refractivity contribution is -0.117. The maximum Gasteiger partial charge on any atom is 0.240 e. The number of carbonyl (C=O) groups excluding carboxylic acids is 1. The first-order valence-corrected chi connectivity index (χ1v) is 8.46. The van der Waals surface area contributed by atoms with Crippen LogP contribution in [-0.2, 0) is 22.6 Å². The quantitative estimate of drug-likeness (QED) is 0.785. The van der Waals surface area contributed by atoms with Crippen molar-refractivity contribution >= 4 is 33.7 Å². The number of hydrogen-bond acceptors (Lipinski definition) is 8. The van der Waals surface area contributed by atoms with E-state index in [1.54, 1.807) is 18.4 Å². The lowest BCUT2D eigenvalue weighted by atomic mass is 10.3. The molecule has 0 bridgehead atoms. The predicted molar refractivity (Wildman–Crippen MR) is 87.3 cm³/mol. The molecule has 1 amide bonds. The Morgan fingerprint density at radius 1 is 1.45 bits per heavy atom. The van der Waals surface area contributed by atoms with E-state index in [0.717, 1.165) is 23.7 Å². The number of methoxy groups -OCH3 is 1. The van der Waals surface area contributed by atoms with Crippen LogP contribution in [0.3, 0.4) is 0 Å². The molecule has 0 atom stereocenters. The van der Waals surface area contributed by atoms with Crippen molar-refractivity contribution in [3.8, 4) is 0 Å². The molecule has 0 aliphatic heterocycles. The topological polar surface area (TPSA) is 80.2 Å². The molecule has 0 saturated carbocycles. The second kappa shape index (κ2) is 8.28. The van der Waals surface area contributed by atoms with Crippen molar-refractivity contribution in [3.05, 3.63) is 21.1 Å². The number of aromatic nitrogens is 3. The Kier molecular flexibility index (Phi) is 6.37. The number of anilines is 1. The van der Waals surface area contributed by atoms with Crippen molar-refractivity contribution in [2.75, 3.05) is 32.6 Å². The maximum atomic E-state index is 12.0. The zero-order valence-corrected chi connectivity index (χ0v) is 14.5. The minimum Gasteiger partial charge on any atom is -0.377 e. The fourth-order valence-electron chi connectivity index (χ4n) is 1.83. The molecule has 9 heteroatoms. The second-order valence-electron chi connectivity index (χ2n) is 4.83. The molecule has 1 N–H and O–H groups in total. The Balaban J connectivity index is 1.74. The van der Waals surface area contributed by atoms with Gasteiger partial charge in [-0.1, -0.05) is 11.3 Å². The first-order chi connectivity index (χ1) is 10.6. The van der Waals surface area contributed by atoms with Gasteiger partial charge in [0, 0.05) is 18.5 Å². The summed E-state index contributed by atoms with van der Waals surface area (Å²) in [7, 11) is 3.52. The molecular weight excluding hydrogens is 322 g/mol. The molecule has 0 radical (unpaired) electrons. The molecule has 0 spiro atoms. The monoisotopic (exact) mass is 341 g/mol. The van der Waals surface area contributed by atoms with E-state index in [4.69, 9.17) is 4.74 Å². The van der Waals surface area contributed by atoms with Crippen LogP contribution in [0.25, 0.3) is 0 Å². The Bertz CT molecular complexity index is 613. The van der Waals surface area contributed by atoms with Crippen molar-refractivity contribution in [1.82, 2.24) is 20.1 Å². The molecular formula is C13H19N5O2S2. The maximum absolute atomic E-state index is 12.0. The minimum absolute atomic E-state index is 0.0938. The summed E-state index contributed by atoms with van der Waals surface area (Å²) >= 11 is 2.98. The molecule has 2 rings (SSSR count). The normalized spacial score (nSPS) is 11.1. The van der Waals surface area contributed by atoms with Crippen molar-refractivity contribution in [2.24, 2.45) is 0 Å². The molecule has 0 aromatic carbocycles.